The number of hydrogen-bond donors (Lipinski definition) is 1. The lowest BCUT2D eigenvalue weighted by atomic mass is 9.89. The quantitative estimate of drug-likeness (QED) is 0.724. The Hall–Kier alpha value is -1.25. The lowest BCUT2D eigenvalue weighted by Crippen LogP contribution is -2.12. The minimum Gasteiger partial charge on any atom is -0.479 e. The molecule has 72 valence electrons. The molecule has 0 fully saturated rings. The van der Waals surface area contributed by atoms with E-state index in [2.05, 4.69) is 5.16 Å². The molecule has 0 aliphatic heterocycles. The van der Waals surface area contributed by atoms with Crippen molar-refractivity contribution in [1.29, 1.82) is 0 Å². The van der Waals surface area contributed by atoms with Crippen molar-refractivity contribution in [3.63, 3.8) is 0 Å². The van der Waals surface area contributed by atoms with Crippen molar-refractivity contribution in [2.24, 2.45) is 0 Å². The molecule has 1 rings (SSSR count). The van der Waals surface area contributed by atoms with E-state index in [1.165, 1.54) is 0 Å². The molecule has 3 nitrogen and oxygen atoms in total. The van der Waals surface area contributed by atoms with Crippen molar-refractivity contribution in [3.05, 3.63) is 17.3 Å². The second kappa shape index (κ2) is 3.24. The number of nitrogens with zero attached hydrogens (tertiary/aromatic N) is 1. The maximum absolute atomic E-state index is 9.35. The first-order chi connectivity index (χ1) is 5.96. The monoisotopic (exact) mass is 181 g/mol. The highest BCUT2D eigenvalue weighted by Gasteiger charge is 2.24. The van der Waals surface area contributed by atoms with Crippen LogP contribution in [0.3, 0.4) is 0 Å². The van der Waals surface area contributed by atoms with E-state index in [0.717, 1.165) is 5.69 Å². The zero-order valence-electron chi connectivity index (χ0n) is 8.46. The van der Waals surface area contributed by atoms with Crippen LogP contribution in [-0.4, -0.2) is 10.3 Å². The molecule has 0 bridgehead atoms. The fraction of sp³-hybridized carbons (Fsp3) is 0.500. The minimum atomic E-state index is -0.112. The molecule has 0 atom stereocenters. The summed E-state index contributed by atoms with van der Waals surface area (Å²) in [5.74, 6) is -0.108. The van der Waals surface area contributed by atoms with Crippen LogP contribution in [0.5, 0.6) is 5.95 Å². The van der Waals surface area contributed by atoms with Gasteiger partial charge in [0.2, 0.25) is 0 Å². The lowest BCUT2D eigenvalue weighted by Gasteiger charge is -2.14. The zero-order valence-corrected chi connectivity index (χ0v) is 8.46. The van der Waals surface area contributed by atoms with Crippen molar-refractivity contribution in [1.82, 2.24) is 5.16 Å². The molecule has 0 radical (unpaired) electrons. The van der Waals surface area contributed by atoms with Gasteiger partial charge in [0.05, 0.1) is 5.56 Å². The number of allylic oxidation sites excluding steroid dienone is 1. The number of rotatable bonds is 1. The second-order valence-corrected chi connectivity index (χ2v) is 4.00. The van der Waals surface area contributed by atoms with Gasteiger partial charge in [0.1, 0.15) is 5.69 Å². The van der Waals surface area contributed by atoms with E-state index in [1.807, 2.05) is 33.8 Å². The van der Waals surface area contributed by atoms with Crippen LogP contribution in [0.15, 0.2) is 10.6 Å². The molecule has 1 heterocycles. The third kappa shape index (κ3) is 1.91. The summed E-state index contributed by atoms with van der Waals surface area (Å²) in [4.78, 5) is 0. The van der Waals surface area contributed by atoms with Crippen LogP contribution in [0.25, 0.3) is 6.08 Å². The molecule has 0 saturated carbocycles. The number of aromatic nitrogens is 1. The van der Waals surface area contributed by atoms with E-state index in [-0.39, 0.29) is 11.4 Å². The maximum Gasteiger partial charge on any atom is 0.316 e. The third-order valence-electron chi connectivity index (χ3n) is 1.75. The Morgan fingerprint density at radius 3 is 2.46 bits per heavy atom. The molecular formula is C10H15NO2. The molecule has 1 aromatic rings. The average Bonchev–Trinajstić information content (AvgIpc) is 2.32. The van der Waals surface area contributed by atoms with Crippen molar-refractivity contribution in [2.45, 2.75) is 33.1 Å². The van der Waals surface area contributed by atoms with Gasteiger partial charge in [-0.1, -0.05) is 38.1 Å². The first-order valence-corrected chi connectivity index (χ1v) is 4.28. The van der Waals surface area contributed by atoms with Crippen LogP contribution in [0.2, 0.25) is 0 Å². The van der Waals surface area contributed by atoms with Gasteiger partial charge in [0, 0.05) is 5.41 Å². The summed E-state index contributed by atoms with van der Waals surface area (Å²) in [6, 6.07) is 0. The van der Waals surface area contributed by atoms with Crippen molar-refractivity contribution in [2.75, 3.05) is 0 Å². The molecule has 3 heteroatoms. The minimum absolute atomic E-state index is 0.108. The summed E-state index contributed by atoms with van der Waals surface area (Å²) < 4.78 is 4.73. The van der Waals surface area contributed by atoms with Crippen molar-refractivity contribution in [3.8, 4) is 5.95 Å². The summed E-state index contributed by atoms with van der Waals surface area (Å²) in [5.41, 5.74) is 1.34. The average molecular weight is 181 g/mol. The normalized spacial score (nSPS) is 12.6. The van der Waals surface area contributed by atoms with Crippen LogP contribution < -0.4 is 0 Å². The zero-order chi connectivity index (χ0) is 10.1. The highest BCUT2D eigenvalue weighted by atomic mass is 16.5. The SMILES string of the molecule is C/C=C/c1c(C(C)(C)C)noc1O. The van der Waals surface area contributed by atoms with Crippen LogP contribution >= 0.6 is 0 Å². The van der Waals surface area contributed by atoms with Crippen LogP contribution in [-0.2, 0) is 5.41 Å². The molecule has 0 amide bonds. The molecule has 0 aliphatic carbocycles. The maximum atomic E-state index is 9.35. The predicted molar refractivity (Wildman–Crippen MR) is 51.6 cm³/mol. The first kappa shape index (κ1) is 9.84. The lowest BCUT2D eigenvalue weighted by molar-refractivity contribution is 0.272. The Morgan fingerprint density at radius 1 is 1.38 bits per heavy atom. The first-order valence-electron chi connectivity index (χ1n) is 4.28. The third-order valence-corrected chi connectivity index (χ3v) is 1.75. The molecule has 0 spiro atoms. The van der Waals surface area contributed by atoms with Gasteiger partial charge < -0.3 is 9.63 Å². The molecule has 0 unspecified atom stereocenters. The molecule has 0 aromatic carbocycles. The van der Waals surface area contributed by atoms with Gasteiger partial charge >= 0.3 is 5.95 Å². The van der Waals surface area contributed by atoms with Crippen LogP contribution in [0, 0.1) is 0 Å². The van der Waals surface area contributed by atoms with Crippen LogP contribution in [0.4, 0.5) is 0 Å². The van der Waals surface area contributed by atoms with E-state index >= 15 is 0 Å². The summed E-state index contributed by atoms with van der Waals surface area (Å²) in [7, 11) is 0. The number of aromatic hydroxyl groups is 1. The topological polar surface area (TPSA) is 46.3 Å². The predicted octanol–water partition coefficient (Wildman–Crippen LogP) is 2.71. The molecule has 13 heavy (non-hydrogen) atoms. The molecule has 1 aromatic heterocycles. The summed E-state index contributed by atoms with van der Waals surface area (Å²) in [5, 5.41) is 13.2. The molecular weight excluding hydrogens is 166 g/mol. The van der Waals surface area contributed by atoms with E-state index < -0.39 is 0 Å². The van der Waals surface area contributed by atoms with E-state index in [4.69, 9.17) is 4.52 Å². The fourth-order valence-corrected chi connectivity index (χ4v) is 1.15. The molecule has 0 saturated heterocycles. The Kier molecular flexibility index (Phi) is 2.45. The Labute approximate surface area is 78.1 Å². The highest BCUT2D eigenvalue weighted by molar-refractivity contribution is 5.57. The van der Waals surface area contributed by atoms with Crippen molar-refractivity contribution >= 4 is 6.08 Å². The Balaban J connectivity index is 3.23. The largest absolute Gasteiger partial charge is 0.479 e. The summed E-state index contributed by atoms with van der Waals surface area (Å²) in [6.07, 6.45) is 3.65. The highest BCUT2D eigenvalue weighted by Crippen LogP contribution is 2.31. The van der Waals surface area contributed by atoms with Gasteiger partial charge in [0.25, 0.3) is 0 Å². The summed E-state index contributed by atoms with van der Waals surface area (Å²) >= 11 is 0. The standard InChI is InChI=1S/C10H15NO2/c1-5-6-7-8(10(2,3)4)11-13-9(7)12/h5-6,12H,1-4H3/b6-5+. The van der Waals surface area contributed by atoms with Crippen LogP contribution in [0.1, 0.15) is 39.0 Å². The molecule has 0 aliphatic rings. The van der Waals surface area contributed by atoms with Gasteiger partial charge in [0.15, 0.2) is 0 Å². The van der Waals surface area contributed by atoms with Gasteiger partial charge in [-0.25, -0.2) is 0 Å². The smallest absolute Gasteiger partial charge is 0.316 e. The van der Waals surface area contributed by atoms with E-state index in [9.17, 15) is 5.11 Å². The van der Waals surface area contributed by atoms with Gasteiger partial charge in [-0.3, -0.25) is 0 Å². The fourth-order valence-electron chi connectivity index (χ4n) is 1.15. The molecule has 1 N–H and O–H groups in total. The van der Waals surface area contributed by atoms with Gasteiger partial charge in [-0.2, -0.15) is 0 Å². The van der Waals surface area contributed by atoms with Gasteiger partial charge in [-0.15, -0.1) is 0 Å². The van der Waals surface area contributed by atoms with Crippen molar-refractivity contribution < 1.29 is 9.63 Å². The van der Waals surface area contributed by atoms with E-state index in [0.29, 0.717) is 5.56 Å². The number of hydrogen-bond acceptors (Lipinski definition) is 3. The Bertz CT molecular complexity index is 318. The summed E-state index contributed by atoms with van der Waals surface area (Å²) in [6.45, 7) is 7.96. The van der Waals surface area contributed by atoms with E-state index in [1.54, 1.807) is 6.08 Å². The second-order valence-electron chi connectivity index (χ2n) is 4.00. The van der Waals surface area contributed by atoms with Gasteiger partial charge in [-0.05, 0) is 6.92 Å². The Morgan fingerprint density at radius 2 is 2.00 bits per heavy atom.